The maximum Gasteiger partial charge on any atom is 0.0309 e. The molecule has 0 spiro atoms. The molecule has 1 heterocycles. The average molecular weight is 293 g/mol. The van der Waals surface area contributed by atoms with Gasteiger partial charge in [-0.1, -0.05) is 27.7 Å². The smallest absolute Gasteiger partial charge is 0.0309 e. The van der Waals surface area contributed by atoms with Crippen molar-refractivity contribution in [3.05, 3.63) is 0 Å². The minimum absolute atomic E-state index is 0.373. The van der Waals surface area contributed by atoms with Gasteiger partial charge >= 0.3 is 0 Å². The summed E-state index contributed by atoms with van der Waals surface area (Å²) in [5.74, 6) is 0.928. The van der Waals surface area contributed by atoms with E-state index in [1.807, 2.05) is 0 Å². The highest BCUT2D eigenvalue weighted by Gasteiger charge is 2.49. The van der Waals surface area contributed by atoms with E-state index in [0.29, 0.717) is 22.4 Å². The fraction of sp³-hybridized carbons (Fsp3) is 1.00. The summed E-state index contributed by atoms with van der Waals surface area (Å²) in [5, 5.41) is 3.88. The highest BCUT2D eigenvalue weighted by Crippen LogP contribution is 2.49. The Labute approximate surface area is 132 Å². The lowest BCUT2D eigenvalue weighted by molar-refractivity contribution is -0.0256. The predicted octanol–water partition coefficient (Wildman–Crippen LogP) is 4.05. The Morgan fingerprint density at radius 2 is 1.52 bits per heavy atom. The minimum atomic E-state index is 0.373. The third-order valence-corrected chi connectivity index (χ3v) is 6.36. The molecule has 2 unspecified atom stereocenters. The van der Waals surface area contributed by atoms with Crippen LogP contribution in [0.15, 0.2) is 0 Å². The molecule has 3 fully saturated rings. The van der Waals surface area contributed by atoms with Crippen molar-refractivity contribution < 1.29 is 0 Å². The van der Waals surface area contributed by atoms with Crippen LogP contribution in [0.25, 0.3) is 0 Å². The summed E-state index contributed by atoms with van der Waals surface area (Å²) in [6, 6.07) is 1.46. The maximum absolute atomic E-state index is 3.88. The van der Waals surface area contributed by atoms with Crippen LogP contribution in [0.5, 0.6) is 0 Å². The second-order valence-electron chi connectivity index (χ2n) is 10.2. The van der Waals surface area contributed by atoms with Gasteiger partial charge in [0.05, 0.1) is 0 Å². The van der Waals surface area contributed by atoms with Gasteiger partial charge in [-0.3, -0.25) is 4.90 Å². The van der Waals surface area contributed by atoms with Crippen LogP contribution in [0.4, 0.5) is 0 Å². The number of nitrogens with one attached hydrogen (secondary N) is 1. The summed E-state index contributed by atoms with van der Waals surface area (Å²) in [6.07, 6.45) is 7.00. The van der Waals surface area contributed by atoms with Crippen molar-refractivity contribution in [2.24, 2.45) is 16.7 Å². The lowest BCUT2D eigenvalue weighted by Gasteiger charge is -2.54. The molecule has 1 N–H and O–H groups in total. The van der Waals surface area contributed by atoms with Crippen LogP contribution in [0.2, 0.25) is 0 Å². The van der Waals surface area contributed by atoms with Gasteiger partial charge in [-0.15, -0.1) is 0 Å². The Morgan fingerprint density at radius 3 is 2.05 bits per heavy atom. The van der Waals surface area contributed by atoms with Crippen molar-refractivity contribution in [1.82, 2.24) is 10.2 Å². The summed E-state index contributed by atoms with van der Waals surface area (Å²) in [7, 11) is 0. The van der Waals surface area contributed by atoms with Gasteiger partial charge in [-0.25, -0.2) is 0 Å². The topological polar surface area (TPSA) is 15.3 Å². The first-order valence-corrected chi connectivity index (χ1v) is 9.11. The van der Waals surface area contributed by atoms with E-state index in [-0.39, 0.29) is 0 Å². The molecule has 0 aromatic rings. The van der Waals surface area contributed by atoms with E-state index in [0.717, 1.165) is 12.0 Å². The lowest BCUT2D eigenvalue weighted by Crippen LogP contribution is -2.66. The zero-order valence-corrected chi connectivity index (χ0v) is 15.1. The summed E-state index contributed by atoms with van der Waals surface area (Å²) in [5.41, 5.74) is 1.36. The number of piperazine rings is 1. The predicted molar refractivity (Wildman–Crippen MR) is 90.5 cm³/mol. The second kappa shape index (κ2) is 4.96. The molecule has 2 atom stereocenters. The third-order valence-electron chi connectivity index (χ3n) is 6.36. The highest BCUT2D eigenvalue weighted by atomic mass is 15.3. The van der Waals surface area contributed by atoms with Gasteiger partial charge in [-0.05, 0) is 62.7 Å². The number of hydrogen-bond donors (Lipinski definition) is 1. The van der Waals surface area contributed by atoms with Crippen LogP contribution < -0.4 is 5.32 Å². The Morgan fingerprint density at radius 1 is 0.952 bits per heavy atom. The molecule has 2 saturated carbocycles. The van der Waals surface area contributed by atoms with Crippen LogP contribution >= 0.6 is 0 Å². The van der Waals surface area contributed by atoms with Crippen LogP contribution in [-0.4, -0.2) is 35.6 Å². The lowest BCUT2D eigenvalue weighted by atomic mass is 9.63. The van der Waals surface area contributed by atoms with E-state index in [4.69, 9.17) is 0 Å². The van der Waals surface area contributed by atoms with Crippen molar-refractivity contribution in [2.45, 2.75) is 91.3 Å². The van der Waals surface area contributed by atoms with E-state index in [1.165, 1.54) is 45.2 Å². The van der Waals surface area contributed by atoms with Crippen LogP contribution in [0.1, 0.15) is 73.6 Å². The SMILES string of the molecule is CC1CNC(C)(C2CC2)CN1C1CC(C)(C)CC(C)(C)C1. The van der Waals surface area contributed by atoms with Crippen molar-refractivity contribution in [1.29, 1.82) is 0 Å². The van der Waals surface area contributed by atoms with E-state index in [9.17, 15) is 0 Å². The van der Waals surface area contributed by atoms with Gasteiger partial charge in [0.1, 0.15) is 0 Å². The van der Waals surface area contributed by atoms with Crippen molar-refractivity contribution >= 4 is 0 Å². The van der Waals surface area contributed by atoms with Crippen molar-refractivity contribution in [3.8, 4) is 0 Å². The molecule has 0 aromatic heterocycles. The average Bonchev–Trinajstić information content (AvgIpc) is 3.12. The molecule has 0 radical (unpaired) electrons. The van der Waals surface area contributed by atoms with Crippen molar-refractivity contribution in [3.63, 3.8) is 0 Å². The largest absolute Gasteiger partial charge is 0.308 e. The molecule has 122 valence electrons. The molecule has 21 heavy (non-hydrogen) atoms. The molecule has 2 aliphatic carbocycles. The second-order valence-corrected chi connectivity index (χ2v) is 10.2. The molecule has 2 nitrogen and oxygen atoms in total. The number of hydrogen-bond acceptors (Lipinski definition) is 2. The summed E-state index contributed by atoms with van der Waals surface area (Å²) in [6.45, 7) is 17.3. The van der Waals surface area contributed by atoms with Crippen LogP contribution in [0, 0.1) is 16.7 Å². The third kappa shape index (κ3) is 3.32. The Kier molecular flexibility index (Phi) is 3.73. The summed E-state index contributed by atoms with van der Waals surface area (Å²) in [4.78, 5) is 2.87. The Balaban J connectivity index is 1.77. The Bertz CT molecular complexity index is 380. The van der Waals surface area contributed by atoms with Crippen LogP contribution in [0.3, 0.4) is 0 Å². The van der Waals surface area contributed by atoms with Gasteiger partial charge in [0.2, 0.25) is 0 Å². The monoisotopic (exact) mass is 292 g/mol. The van der Waals surface area contributed by atoms with E-state index in [1.54, 1.807) is 0 Å². The first kappa shape index (κ1) is 15.8. The molecule has 0 aromatic carbocycles. The van der Waals surface area contributed by atoms with Gasteiger partial charge in [0, 0.05) is 30.7 Å². The fourth-order valence-corrected chi connectivity index (χ4v) is 5.59. The van der Waals surface area contributed by atoms with Gasteiger partial charge < -0.3 is 5.32 Å². The first-order chi connectivity index (χ1) is 9.60. The van der Waals surface area contributed by atoms with Crippen LogP contribution in [-0.2, 0) is 0 Å². The molecule has 1 aliphatic heterocycles. The molecule has 2 heteroatoms. The standard InChI is InChI=1S/C19H36N2/c1-14-11-20-19(6,15-7-8-15)13-21(14)16-9-17(2,3)12-18(4,5)10-16/h14-16,20H,7-13H2,1-6H3. The highest BCUT2D eigenvalue weighted by molar-refractivity contribution is 5.06. The zero-order chi connectivity index (χ0) is 15.5. The first-order valence-electron chi connectivity index (χ1n) is 9.11. The van der Waals surface area contributed by atoms with Crippen molar-refractivity contribution in [2.75, 3.05) is 13.1 Å². The normalized spacial score (nSPS) is 41.1. The number of nitrogens with zero attached hydrogens (tertiary/aromatic N) is 1. The van der Waals surface area contributed by atoms with E-state index < -0.39 is 0 Å². The molecule has 3 aliphatic rings. The van der Waals surface area contributed by atoms with Gasteiger partial charge in [0.25, 0.3) is 0 Å². The molecule has 0 amide bonds. The Hall–Kier alpha value is -0.0800. The molecular formula is C19H36N2. The van der Waals surface area contributed by atoms with E-state index in [2.05, 4.69) is 51.8 Å². The molecule has 1 saturated heterocycles. The quantitative estimate of drug-likeness (QED) is 0.826. The molecule has 3 rings (SSSR count). The minimum Gasteiger partial charge on any atom is -0.308 e. The van der Waals surface area contributed by atoms with Gasteiger partial charge in [-0.2, -0.15) is 0 Å². The summed E-state index contributed by atoms with van der Waals surface area (Å²) < 4.78 is 0. The number of rotatable bonds is 2. The van der Waals surface area contributed by atoms with Gasteiger partial charge in [0.15, 0.2) is 0 Å². The molecular weight excluding hydrogens is 256 g/mol. The zero-order valence-electron chi connectivity index (χ0n) is 15.1. The molecule has 0 bridgehead atoms. The summed E-state index contributed by atoms with van der Waals surface area (Å²) >= 11 is 0. The van der Waals surface area contributed by atoms with E-state index >= 15 is 0 Å². The fourth-order valence-electron chi connectivity index (χ4n) is 5.59. The maximum atomic E-state index is 3.88.